The standard InChI is InChI=1S/C18H18F2O3/c1-23-17-11-12(5-10-16(17)20)3-2-4-15(18(21)22)13-6-8-14(19)9-7-13/h5-11,15H,2-4H2,1H3,(H,21,22). The summed E-state index contributed by atoms with van der Waals surface area (Å²) in [6.45, 7) is 0. The Bertz CT molecular complexity index is 668. The number of hydrogen-bond donors (Lipinski definition) is 1. The molecule has 0 aliphatic heterocycles. The lowest BCUT2D eigenvalue weighted by Gasteiger charge is -2.13. The highest BCUT2D eigenvalue weighted by Crippen LogP contribution is 2.24. The number of carboxylic acids is 1. The van der Waals surface area contributed by atoms with Gasteiger partial charge in [-0.2, -0.15) is 0 Å². The molecule has 3 nitrogen and oxygen atoms in total. The predicted molar refractivity (Wildman–Crippen MR) is 82.7 cm³/mol. The summed E-state index contributed by atoms with van der Waals surface area (Å²) in [6, 6.07) is 10.1. The third-order valence-corrected chi connectivity index (χ3v) is 3.74. The summed E-state index contributed by atoms with van der Waals surface area (Å²) in [5, 5.41) is 9.35. The molecular weight excluding hydrogens is 302 g/mol. The molecule has 0 amide bonds. The number of carboxylic acid groups (broad SMARTS) is 1. The van der Waals surface area contributed by atoms with Crippen molar-refractivity contribution in [3.05, 3.63) is 65.2 Å². The van der Waals surface area contributed by atoms with Crippen molar-refractivity contribution in [2.45, 2.75) is 25.2 Å². The third kappa shape index (κ3) is 4.52. The molecule has 0 saturated heterocycles. The van der Waals surface area contributed by atoms with Crippen LogP contribution in [0.1, 0.15) is 29.9 Å². The second-order valence-electron chi connectivity index (χ2n) is 5.30. The molecule has 0 radical (unpaired) electrons. The first-order valence-corrected chi connectivity index (χ1v) is 7.32. The van der Waals surface area contributed by atoms with E-state index in [1.54, 1.807) is 12.1 Å². The number of rotatable bonds is 7. The summed E-state index contributed by atoms with van der Waals surface area (Å²) in [7, 11) is 1.40. The molecule has 1 unspecified atom stereocenters. The normalized spacial score (nSPS) is 12.0. The topological polar surface area (TPSA) is 46.5 Å². The Labute approximate surface area is 133 Å². The molecule has 0 aliphatic rings. The SMILES string of the molecule is COc1cc(CCCC(C(=O)O)c2ccc(F)cc2)ccc1F. The molecule has 0 aliphatic carbocycles. The predicted octanol–water partition coefficient (Wildman–Crippen LogP) is 4.16. The first kappa shape index (κ1) is 16.9. The van der Waals surface area contributed by atoms with E-state index in [0.29, 0.717) is 24.8 Å². The van der Waals surface area contributed by atoms with E-state index in [2.05, 4.69) is 0 Å². The van der Waals surface area contributed by atoms with Gasteiger partial charge in [-0.05, 0) is 54.7 Å². The fourth-order valence-corrected chi connectivity index (χ4v) is 2.50. The molecular formula is C18H18F2O3. The van der Waals surface area contributed by atoms with Gasteiger partial charge in [0.1, 0.15) is 5.82 Å². The number of aryl methyl sites for hydroxylation is 1. The van der Waals surface area contributed by atoms with Gasteiger partial charge in [0, 0.05) is 0 Å². The zero-order chi connectivity index (χ0) is 16.8. The summed E-state index contributed by atoms with van der Waals surface area (Å²) >= 11 is 0. The maximum atomic E-state index is 13.3. The number of benzene rings is 2. The van der Waals surface area contributed by atoms with Gasteiger partial charge in [0.05, 0.1) is 13.0 Å². The van der Waals surface area contributed by atoms with Gasteiger partial charge in [-0.1, -0.05) is 18.2 Å². The average molecular weight is 320 g/mol. The van der Waals surface area contributed by atoms with E-state index in [9.17, 15) is 18.7 Å². The fourth-order valence-electron chi connectivity index (χ4n) is 2.50. The van der Waals surface area contributed by atoms with Gasteiger partial charge in [0.25, 0.3) is 0 Å². The third-order valence-electron chi connectivity index (χ3n) is 3.74. The smallest absolute Gasteiger partial charge is 0.310 e. The lowest BCUT2D eigenvalue weighted by molar-refractivity contribution is -0.139. The van der Waals surface area contributed by atoms with Crippen LogP contribution in [-0.2, 0) is 11.2 Å². The summed E-state index contributed by atoms with van der Waals surface area (Å²) in [6.07, 6.45) is 1.64. The van der Waals surface area contributed by atoms with Crippen LogP contribution >= 0.6 is 0 Å². The van der Waals surface area contributed by atoms with E-state index < -0.39 is 23.5 Å². The molecule has 2 aromatic rings. The molecule has 0 bridgehead atoms. The van der Waals surface area contributed by atoms with Gasteiger partial charge in [0.2, 0.25) is 0 Å². The number of carbonyl (C=O) groups is 1. The first-order chi connectivity index (χ1) is 11.0. The Morgan fingerprint density at radius 3 is 2.48 bits per heavy atom. The van der Waals surface area contributed by atoms with E-state index in [-0.39, 0.29) is 5.75 Å². The van der Waals surface area contributed by atoms with Crippen LogP contribution < -0.4 is 4.74 Å². The van der Waals surface area contributed by atoms with Gasteiger partial charge in [-0.25, -0.2) is 8.78 Å². The Balaban J connectivity index is 2.00. The van der Waals surface area contributed by atoms with Crippen molar-refractivity contribution in [3.8, 4) is 5.75 Å². The van der Waals surface area contributed by atoms with Crippen LogP contribution in [-0.4, -0.2) is 18.2 Å². The molecule has 0 heterocycles. The van der Waals surface area contributed by atoms with E-state index in [1.807, 2.05) is 0 Å². The van der Waals surface area contributed by atoms with Gasteiger partial charge < -0.3 is 9.84 Å². The zero-order valence-corrected chi connectivity index (χ0v) is 12.8. The van der Waals surface area contributed by atoms with Crippen molar-refractivity contribution in [1.29, 1.82) is 0 Å². The van der Waals surface area contributed by atoms with Crippen molar-refractivity contribution in [3.63, 3.8) is 0 Å². The van der Waals surface area contributed by atoms with E-state index in [0.717, 1.165) is 5.56 Å². The second kappa shape index (κ2) is 7.72. The monoisotopic (exact) mass is 320 g/mol. The summed E-state index contributed by atoms with van der Waals surface area (Å²) < 4.78 is 31.2. The summed E-state index contributed by atoms with van der Waals surface area (Å²) in [5.41, 5.74) is 1.46. The molecule has 23 heavy (non-hydrogen) atoms. The van der Waals surface area contributed by atoms with Crippen LogP contribution in [0.15, 0.2) is 42.5 Å². The largest absolute Gasteiger partial charge is 0.494 e. The number of aliphatic carboxylic acids is 1. The molecule has 122 valence electrons. The average Bonchev–Trinajstić information content (AvgIpc) is 2.54. The van der Waals surface area contributed by atoms with E-state index in [4.69, 9.17) is 4.74 Å². The quantitative estimate of drug-likeness (QED) is 0.833. The van der Waals surface area contributed by atoms with Gasteiger partial charge >= 0.3 is 5.97 Å². The van der Waals surface area contributed by atoms with Gasteiger partial charge in [-0.15, -0.1) is 0 Å². The zero-order valence-electron chi connectivity index (χ0n) is 12.8. The minimum absolute atomic E-state index is 0.177. The molecule has 0 fully saturated rings. The van der Waals surface area contributed by atoms with Crippen LogP contribution in [0.3, 0.4) is 0 Å². The Kier molecular flexibility index (Phi) is 5.68. The molecule has 1 N–H and O–H groups in total. The minimum Gasteiger partial charge on any atom is -0.494 e. The van der Waals surface area contributed by atoms with E-state index in [1.165, 1.54) is 37.4 Å². The maximum absolute atomic E-state index is 13.3. The first-order valence-electron chi connectivity index (χ1n) is 7.32. The maximum Gasteiger partial charge on any atom is 0.310 e. The van der Waals surface area contributed by atoms with Crippen LogP contribution in [0.4, 0.5) is 8.78 Å². The van der Waals surface area contributed by atoms with Gasteiger partial charge in [-0.3, -0.25) is 4.79 Å². The lowest BCUT2D eigenvalue weighted by atomic mass is 9.92. The Morgan fingerprint density at radius 2 is 1.87 bits per heavy atom. The van der Waals surface area contributed by atoms with Crippen molar-refractivity contribution >= 4 is 5.97 Å². The molecule has 0 spiro atoms. The Morgan fingerprint density at radius 1 is 1.17 bits per heavy atom. The van der Waals surface area contributed by atoms with E-state index >= 15 is 0 Å². The molecule has 0 aromatic heterocycles. The fraction of sp³-hybridized carbons (Fsp3) is 0.278. The highest BCUT2D eigenvalue weighted by molar-refractivity contribution is 5.76. The molecule has 5 heteroatoms. The number of ether oxygens (including phenoxy) is 1. The van der Waals surface area contributed by atoms with Gasteiger partial charge in [0.15, 0.2) is 11.6 Å². The van der Waals surface area contributed by atoms with Crippen molar-refractivity contribution in [2.75, 3.05) is 7.11 Å². The Hall–Kier alpha value is -2.43. The summed E-state index contributed by atoms with van der Waals surface area (Å²) in [4.78, 5) is 11.4. The summed E-state index contributed by atoms with van der Waals surface area (Å²) in [5.74, 6) is -2.26. The molecule has 2 aromatic carbocycles. The van der Waals surface area contributed by atoms with Crippen LogP contribution in [0.5, 0.6) is 5.75 Å². The van der Waals surface area contributed by atoms with Crippen LogP contribution in [0.25, 0.3) is 0 Å². The van der Waals surface area contributed by atoms with Crippen molar-refractivity contribution in [2.24, 2.45) is 0 Å². The second-order valence-corrected chi connectivity index (χ2v) is 5.30. The minimum atomic E-state index is -0.937. The number of halogens is 2. The molecule has 2 rings (SSSR count). The highest BCUT2D eigenvalue weighted by atomic mass is 19.1. The van der Waals surface area contributed by atoms with Crippen LogP contribution in [0, 0.1) is 11.6 Å². The molecule has 1 atom stereocenters. The van der Waals surface area contributed by atoms with Crippen molar-refractivity contribution in [1.82, 2.24) is 0 Å². The lowest BCUT2D eigenvalue weighted by Crippen LogP contribution is -2.12. The van der Waals surface area contributed by atoms with Crippen LogP contribution in [0.2, 0.25) is 0 Å². The number of hydrogen-bond acceptors (Lipinski definition) is 2. The number of methoxy groups -OCH3 is 1. The van der Waals surface area contributed by atoms with Crippen molar-refractivity contribution < 1.29 is 23.4 Å². The highest BCUT2D eigenvalue weighted by Gasteiger charge is 2.19. The molecule has 0 saturated carbocycles.